The van der Waals surface area contributed by atoms with Crippen LogP contribution in [0.4, 0.5) is 0 Å². The Hall–Kier alpha value is -1.68. The molecule has 0 radical (unpaired) electrons. The van der Waals surface area contributed by atoms with Crippen LogP contribution in [0.1, 0.15) is 36.2 Å². The van der Waals surface area contributed by atoms with E-state index in [2.05, 4.69) is 15.9 Å². The van der Waals surface area contributed by atoms with Crippen LogP contribution in [0.2, 0.25) is 0 Å². The molecule has 1 aromatic rings. The first-order valence-electron chi connectivity index (χ1n) is 9.94. The number of Topliss-reactive ketones (excluding diaryl/α,β-unsaturated/α-hetero) is 1. The van der Waals surface area contributed by atoms with Crippen molar-refractivity contribution in [2.24, 2.45) is 0 Å². The molecule has 0 fully saturated rings. The van der Waals surface area contributed by atoms with Crippen molar-refractivity contribution in [3.63, 3.8) is 0 Å². The molecule has 1 aromatic carbocycles. The van der Waals surface area contributed by atoms with Gasteiger partial charge in [0.25, 0.3) is 0 Å². The van der Waals surface area contributed by atoms with Crippen molar-refractivity contribution in [1.29, 1.82) is 0 Å². The topological polar surface area (TPSA) is 101 Å². The maximum atomic E-state index is 12.0. The highest BCUT2D eigenvalue weighted by Gasteiger charge is 2.18. The van der Waals surface area contributed by atoms with E-state index in [1.165, 1.54) is 6.92 Å². The molecule has 1 rings (SSSR count). The third kappa shape index (κ3) is 10.4. The molecule has 0 saturated carbocycles. The smallest absolute Gasteiger partial charge is 0.341 e. The van der Waals surface area contributed by atoms with E-state index in [0.717, 1.165) is 11.8 Å². The summed E-state index contributed by atoms with van der Waals surface area (Å²) in [6.07, 6.45) is 1.38. The Balaban J connectivity index is 2.56. The van der Waals surface area contributed by atoms with Gasteiger partial charge in [0.1, 0.15) is 18.1 Å². The molecule has 0 unspecified atom stereocenters. The van der Waals surface area contributed by atoms with Crippen LogP contribution in [0.3, 0.4) is 0 Å². The van der Waals surface area contributed by atoms with Crippen molar-refractivity contribution in [3.05, 3.63) is 23.3 Å². The zero-order valence-corrected chi connectivity index (χ0v) is 19.2. The Morgan fingerprint density at radius 3 is 2.07 bits per heavy atom. The van der Waals surface area contributed by atoms with Crippen molar-refractivity contribution in [2.75, 3.05) is 58.2 Å². The summed E-state index contributed by atoms with van der Waals surface area (Å²) in [4.78, 5) is 22.9. The Bertz CT molecular complexity index is 650. The van der Waals surface area contributed by atoms with Gasteiger partial charge in [-0.2, -0.15) is 0 Å². The van der Waals surface area contributed by atoms with E-state index in [1.54, 1.807) is 12.1 Å². The van der Waals surface area contributed by atoms with E-state index < -0.39 is 12.6 Å². The summed E-state index contributed by atoms with van der Waals surface area (Å²) in [6.45, 7) is 6.15. The van der Waals surface area contributed by atoms with Crippen LogP contribution < -0.4 is 9.47 Å². The lowest BCUT2D eigenvalue weighted by Crippen LogP contribution is -2.15. The predicted molar refractivity (Wildman–Crippen MR) is 115 cm³/mol. The SMILES string of the molecule is CCCc1c(OCC(=O)O)ccc(C(C)=O)c1OCCOCCOCCOCCBr. The van der Waals surface area contributed by atoms with Crippen LogP contribution >= 0.6 is 15.9 Å². The molecule has 8 nitrogen and oxygen atoms in total. The Kier molecular flexibility index (Phi) is 14.1. The van der Waals surface area contributed by atoms with Gasteiger partial charge in [-0.15, -0.1) is 0 Å². The van der Waals surface area contributed by atoms with Crippen molar-refractivity contribution >= 4 is 27.7 Å². The van der Waals surface area contributed by atoms with E-state index in [4.69, 9.17) is 28.8 Å². The maximum absolute atomic E-state index is 12.0. The number of rotatable bonds is 18. The van der Waals surface area contributed by atoms with Gasteiger partial charge >= 0.3 is 5.97 Å². The Labute approximate surface area is 185 Å². The Morgan fingerprint density at radius 2 is 1.53 bits per heavy atom. The number of ether oxygens (including phenoxy) is 5. The fourth-order valence-electron chi connectivity index (χ4n) is 2.61. The first-order chi connectivity index (χ1) is 14.5. The first kappa shape index (κ1) is 26.4. The van der Waals surface area contributed by atoms with Gasteiger partial charge in [-0.1, -0.05) is 29.3 Å². The molecule has 0 amide bonds. The van der Waals surface area contributed by atoms with Gasteiger partial charge in [-0.05, 0) is 25.5 Å². The molecular weight excluding hydrogens is 460 g/mol. The zero-order valence-electron chi connectivity index (χ0n) is 17.6. The molecule has 170 valence electrons. The molecule has 0 bridgehead atoms. The van der Waals surface area contributed by atoms with Gasteiger partial charge < -0.3 is 28.8 Å². The van der Waals surface area contributed by atoms with Gasteiger partial charge in [-0.25, -0.2) is 4.79 Å². The lowest BCUT2D eigenvalue weighted by molar-refractivity contribution is -0.139. The van der Waals surface area contributed by atoms with E-state index >= 15 is 0 Å². The fourth-order valence-corrected chi connectivity index (χ4v) is 2.84. The number of alkyl halides is 1. The molecule has 0 aliphatic heterocycles. The molecule has 0 spiro atoms. The standard InChI is InChI=1S/C21H31BrO8/c1-3-4-18-19(30-15-20(24)25)6-5-17(16(2)23)21(18)29-14-13-28-12-11-27-10-9-26-8-7-22/h5-6H,3-4,7-15H2,1-2H3,(H,24,25). The summed E-state index contributed by atoms with van der Waals surface area (Å²) < 4.78 is 27.4. The first-order valence-corrected chi connectivity index (χ1v) is 11.1. The van der Waals surface area contributed by atoms with Gasteiger partial charge in [0, 0.05) is 10.9 Å². The average molecular weight is 491 g/mol. The molecule has 0 aliphatic carbocycles. The van der Waals surface area contributed by atoms with Crippen LogP contribution in [-0.4, -0.2) is 75.0 Å². The monoisotopic (exact) mass is 490 g/mol. The number of aliphatic carboxylic acids is 1. The second-order valence-electron chi connectivity index (χ2n) is 6.28. The number of benzene rings is 1. The predicted octanol–water partition coefficient (Wildman–Crippen LogP) is 3.13. The number of carboxylic acid groups (broad SMARTS) is 1. The Morgan fingerprint density at radius 1 is 0.933 bits per heavy atom. The van der Waals surface area contributed by atoms with E-state index in [0.29, 0.717) is 68.7 Å². The molecular formula is C21H31BrO8. The van der Waals surface area contributed by atoms with E-state index in [-0.39, 0.29) is 12.4 Å². The van der Waals surface area contributed by atoms with E-state index in [9.17, 15) is 9.59 Å². The molecule has 0 saturated heterocycles. The number of carbonyl (C=O) groups is 2. The normalized spacial score (nSPS) is 10.8. The molecule has 30 heavy (non-hydrogen) atoms. The summed E-state index contributed by atoms with van der Waals surface area (Å²) in [7, 11) is 0. The molecule has 9 heteroatoms. The van der Waals surface area contributed by atoms with Gasteiger partial charge in [0.2, 0.25) is 0 Å². The highest BCUT2D eigenvalue weighted by molar-refractivity contribution is 9.09. The van der Waals surface area contributed by atoms with Crippen LogP contribution in [0, 0.1) is 0 Å². The van der Waals surface area contributed by atoms with Crippen molar-refractivity contribution < 1.29 is 38.4 Å². The summed E-state index contributed by atoms with van der Waals surface area (Å²) in [5, 5.41) is 9.68. The second kappa shape index (κ2) is 16.1. The van der Waals surface area contributed by atoms with Crippen molar-refractivity contribution in [3.8, 4) is 11.5 Å². The third-order valence-corrected chi connectivity index (χ3v) is 4.21. The van der Waals surface area contributed by atoms with Crippen LogP contribution in [0.25, 0.3) is 0 Å². The molecule has 0 aliphatic rings. The minimum atomic E-state index is -1.07. The van der Waals surface area contributed by atoms with Crippen LogP contribution in [0.5, 0.6) is 11.5 Å². The minimum Gasteiger partial charge on any atom is -0.490 e. The molecule has 0 aromatic heterocycles. The van der Waals surface area contributed by atoms with Crippen molar-refractivity contribution in [1.82, 2.24) is 0 Å². The van der Waals surface area contributed by atoms with Crippen LogP contribution in [0.15, 0.2) is 12.1 Å². The number of carboxylic acids is 1. The summed E-state index contributed by atoms with van der Waals surface area (Å²) in [6, 6.07) is 3.22. The third-order valence-electron chi connectivity index (χ3n) is 3.89. The largest absolute Gasteiger partial charge is 0.490 e. The number of halogens is 1. The van der Waals surface area contributed by atoms with Crippen molar-refractivity contribution in [2.45, 2.75) is 26.7 Å². The summed E-state index contributed by atoms with van der Waals surface area (Å²) in [5.41, 5.74) is 1.13. The second-order valence-corrected chi connectivity index (χ2v) is 7.08. The van der Waals surface area contributed by atoms with Gasteiger partial charge in [0.05, 0.1) is 45.2 Å². The van der Waals surface area contributed by atoms with Gasteiger partial charge in [-0.3, -0.25) is 4.79 Å². The zero-order chi connectivity index (χ0) is 22.2. The molecule has 0 atom stereocenters. The fraction of sp³-hybridized carbons (Fsp3) is 0.619. The molecule has 1 N–H and O–H groups in total. The molecule has 0 heterocycles. The maximum Gasteiger partial charge on any atom is 0.341 e. The summed E-state index contributed by atoms with van der Waals surface area (Å²) >= 11 is 3.28. The average Bonchev–Trinajstić information content (AvgIpc) is 2.71. The lowest BCUT2D eigenvalue weighted by Gasteiger charge is -2.18. The number of ketones is 1. The van der Waals surface area contributed by atoms with Crippen LogP contribution in [-0.2, 0) is 25.4 Å². The highest BCUT2D eigenvalue weighted by atomic mass is 79.9. The highest BCUT2D eigenvalue weighted by Crippen LogP contribution is 2.34. The summed E-state index contributed by atoms with van der Waals surface area (Å²) in [5.74, 6) is -0.365. The quantitative estimate of drug-likeness (QED) is 0.190. The van der Waals surface area contributed by atoms with Gasteiger partial charge in [0.15, 0.2) is 12.4 Å². The number of carbonyl (C=O) groups excluding carboxylic acids is 1. The lowest BCUT2D eigenvalue weighted by atomic mass is 10.0. The number of hydrogen-bond donors (Lipinski definition) is 1. The number of hydrogen-bond acceptors (Lipinski definition) is 7. The van der Waals surface area contributed by atoms with E-state index in [1.807, 2.05) is 6.92 Å². The minimum absolute atomic E-state index is 0.136.